The van der Waals surface area contributed by atoms with Gasteiger partial charge in [-0.1, -0.05) is 27.2 Å². The van der Waals surface area contributed by atoms with Crippen molar-refractivity contribution in [2.75, 3.05) is 6.61 Å². The Morgan fingerprint density at radius 2 is 1.71 bits per heavy atom. The second-order valence-electron chi connectivity index (χ2n) is 11.9. The van der Waals surface area contributed by atoms with Gasteiger partial charge in [0, 0.05) is 0 Å². The molecule has 9 atom stereocenters. The van der Waals surface area contributed by atoms with Gasteiger partial charge in [-0.2, -0.15) is 8.42 Å². The summed E-state index contributed by atoms with van der Waals surface area (Å²) in [5.41, 5.74) is 0.835. The summed E-state index contributed by atoms with van der Waals surface area (Å²) in [6.07, 6.45) is 13.9. The molecule has 4 saturated carbocycles. The lowest BCUT2D eigenvalue weighted by Gasteiger charge is -2.61. The molecular formula is C25H44O5S. The minimum Gasteiger partial charge on any atom is -0.393 e. The molecule has 0 aromatic rings. The van der Waals surface area contributed by atoms with Crippen molar-refractivity contribution in [3.63, 3.8) is 0 Å². The second-order valence-corrected chi connectivity index (χ2v) is 13.0. The number of aliphatic hydroxyl groups is 1. The molecule has 0 spiro atoms. The Balaban J connectivity index is 1.44. The van der Waals surface area contributed by atoms with Gasteiger partial charge in [-0.25, -0.2) is 4.18 Å². The van der Waals surface area contributed by atoms with Crippen molar-refractivity contribution in [2.45, 2.75) is 104 Å². The van der Waals surface area contributed by atoms with E-state index >= 15 is 0 Å². The molecule has 31 heavy (non-hydrogen) atoms. The molecule has 4 aliphatic rings. The normalized spacial score (nSPS) is 46.1. The molecule has 5 nitrogen and oxygen atoms in total. The Labute approximate surface area is 189 Å². The highest BCUT2D eigenvalue weighted by atomic mass is 32.3. The molecule has 4 rings (SSSR count). The van der Waals surface area contributed by atoms with Crippen LogP contribution in [0.3, 0.4) is 0 Å². The molecule has 0 aliphatic heterocycles. The van der Waals surface area contributed by atoms with E-state index in [9.17, 15) is 13.5 Å². The first-order chi connectivity index (χ1) is 14.6. The Morgan fingerprint density at radius 1 is 1.00 bits per heavy atom. The smallest absolute Gasteiger partial charge is 0.393 e. The first-order valence-electron chi connectivity index (χ1n) is 12.9. The number of aliphatic hydroxyl groups excluding tert-OH is 1. The van der Waals surface area contributed by atoms with Crippen LogP contribution < -0.4 is 0 Å². The highest BCUT2D eigenvalue weighted by Gasteiger charge is 2.60. The van der Waals surface area contributed by atoms with Gasteiger partial charge in [-0.15, -0.1) is 0 Å². The zero-order chi connectivity index (χ0) is 22.4. The van der Waals surface area contributed by atoms with Crippen molar-refractivity contribution in [1.29, 1.82) is 0 Å². The minimum atomic E-state index is -4.33. The van der Waals surface area contributed by atoms with Crippen LogP contribution in [0.5, 0.6) is 0 Å². The molecule has 2 N–H and O–H groups in total. The van der Waals surface area contributed by atoms with E-state index in [1.54, 1.807) is 0 Å². The summed E-state index contributed by atoms with van der Waals surface area (Å²) in [6.45, 7) is 7.48. The minimum absolute atomic E-state index is 0.0746. The van der Waals surface area contributed by atoms with E-state index in [4.69, 9.17) is 4.55 Å². The van der Waals surface area contributed by atoms with Crippen molar-refractivity contribution in [1.82, 2.24) is 0 Å². The van der Waals surface area contributed by atoms with Gasteiger partial charge in [0.25, 0.3) is 0 Å². The Hall–Kier alpha value is -0.170. The van der Waals surface area contributed by atoms with Crippen molar-refractivity contribution in [2.24, 2.45) is 46.3 Å². The lowest BCUT2D eigenvalue weighted by Crippen LogP contribution is -2.54. The van der Waals surface area contributed by atoms with E-state index in [1.165, 1.54) is 44.9 Å². The first kappa shape index (κ1) is 24.0. The SMILES string of the molecule is CC[C@H](CCCOS(=O)(=O)O)C1CCC2C3CC[C@H]4C[C@@H](O)CC[C@]4(C)C3CC[C@@]21C. The van der Waals surface area contributed by atoms with Gasteiger partial charge in [-0.05, 0) is 117 Å². The number of fused-ring (bicyclic) bond motifs is 5. The van der Waals surface area contributed by atoms with E-state index in [0.29, 0.717) is 35.0 Å². The van der Waals surface area contributed by atoms with Gasteiger partial charge < -0.3 is 5.11 Å². The van der Waals surface area contributed by atoms with Crippen molar-refractivity contribution in [3.05, 3.63) is 0 Å². The lowest BCUT2D eigenvalue weighted by atomic mass is 9.44. The number of rotatable bonds is 7. The summed E-state index contributed by atoms with van der Waals surface area (Å²) < 4.78 is 35.1. The highest BCUT2D eigenvalue weighted by Crippen LogP contribution is 2.68. The molecule has 0 amide bonds. The molecular weight excluding hydrogens is 412 g/mol. The molecule has 0 radical (unpaired) electrons. The lowest BCUT2D eigenvalue weighted by molar-refractivity contribution is -0.129. The topological polar surface area (TPSA) is 83.8 Å². The van der Waals surface area contributed by atoms with Crippen LogP contribution >= 0.6 is 0 Å². The fourth-order valence-corrected chi connectivity index (χ4v) is 9.58. The van der Waals surface area contributed by atoms with Crippen molar-refractivity contribution in [3.8, 4) is 0 Å². The van der Waals surface area contributed by atoms with Gasteiger partial charge in [-0.3, -0.25) is 4.55 Å². The number of hydrogen-bond donors (Lipinski definition) is 2. The van der Waals surface area contributed by atoms with E-state index in [0.717, 1.165) is 43.4 Å². The van der Waals surface area contributed by atoms with Crippen LogP contribution in [0.4, 0.5) is 0 Å². The maximum atomic E-state index is 10.8. The van der Waals surface area contributed by atoms with Crippen LogP contribution in [-0.4, -0.2) is 30.8 Å². The fraction of sp³-hybridized carbons (Fsp3) is 1.00. The third-order valence-electron chi connectivity index (χ3n) is 10.8. The molecule has 6 heteroatoms. The van der Waals surface area contributed by atoms with Crippen molar-refractivity contribution < 1.29 is 22.3 Å². The first-order valence-corrected chi connectivity index (χ1v) is 14.2. The summed E-state index contributed by atoms with van der Waals surface area (Å²) in [5, 5.41) is 10.2. The predicted octanol–water partition coefficient (Wildman–Crippen LogP) is 5.63. The van der Waals surface area contributed by atoms with Crippen LogP contribution in [0, 0.1) is 46.3 Å². The Morgan fingerprint density at radius 3 is 2.42 bits per heavy atom. The zero-order valence-electron chi connectivity index (χ0n) is 19.8. The monoisotopic (exact) mass is 456 g/mol. The van der Waals surface area contributed by atoms with Gasteiger partial charge in [0.15, 0.2) is 0 Å². The third-order valence-corrected chi connectivity index (χ3v) is 11.2. The molecule has 4 fully saturated rings. The molecule has 180 valence electrons. The Bertz CT molecular complexity index is 738. The third kappa shape index (κ3) is 4.48. The van der Waals surface area contributed by atoms with Crippen LogP contribution in [0.1, 0.15) is 97.8 Å². The average Bonchev–Trinajstić information content (AvgIpc) is 3.05. The second kappa shape index (κ2) is 8.88. The van der Waals surface area contributed by atoms with E-state index in [1.807, 2.05) is 0 Å². The van der Waals surface area contributed by atoms with E-state index in [-0.39, 0.29) is 12.7 Å². The molecule has 0 aromatic heterocycles. The molecule has 4 unspecified atom stereocenters. The Kier molecular flexibility index (Phi) is 6.87. The zero-order valence-corrected chi connectivity index (χ0v) is 20.6. The molecule has 4 aliphatic carbocycles. The van der Waals surface area contributed by atoms with E-state index < -0.39 is 10.4 Å². The van der Waals surface area contributed by atoms with Gasteiger partial charge >= 0.3 is 10.4 Å². The van der Waals surface area contributed by atoms with Gasteiger partial charge in [0.1, 0.15) is 0 Å². The van der Waals surface area contributed by atoms with Gasteiger partial charge in [0.05, 0.1) is 12.7 Å². The maximum Gasteiger partial charge on any atom is 0.397 e. The van der Waals surface area contributed by atoms with Crippen LogP contribution in [-0.2, 0) is 14.6 Å². The summed E-state index contributed by atoms with van der Waals surface area (Å²) >= 11 is 0. The van der Waals surface area contributed by atoms with Crippen LogP contribution in [0.15, 0.2) is 0 Å². The predicted molar refractivity (Wildman–Crippen MR) is 122 cm³/mol. The maximum absolute atomic E-state index is 10.8. The van der Waals surface area contributed by atoms with Crippen LogP contribution in [0.25, 0.3) is 0 Å². The van der Waals surface area contributed by atoms with Gasteiger partial charge in [0.2, 0.25) is 0 Å². The van der Waals surface area contributed by atoms with E-state index in [2.05, 4.69) is 25.0 Å². The molecule has 0 bridgehead atoms. The summed E-state index contributed by atoms with van der Waals surface area (Å²) in [6, 6.07) is 0. The standard InChI is InChI=1S/C25H44O5S/c1-4-17(6-5-15-30-31(27,28)29)21-9-10-22-20-8-7-18-16-19(26)11-13-24(18,2)23(20)12-14-25(21,22)3/h17-23,26H,4-16H2,1-3H3,(H,27,28,29)/t17-,18+,19+,20?,21?,22?,23?,24+,25-/m1/s1. The highest BCUT2D eigenvalue weighted by molar-refractivity contribution is 7.80. The fourth-order valence-electron chi connectivity index (χ4n) is 9.25. The molecule has 0 saturated heterocycles. The van der Waals surface area contributed by atoms with Crippen molar-refractivity contribution >= 4 is 10.4 Å². The quantitative estimate of drug-likeness (QED) is 0.383. The number of hydrogen-bond acceptors (Lipinski definition) is 4. The largest absolute Gasteiger partial charge is 0.397 e. The summed E-state index contributed by atoms with van der Waals surface area (Å²) in [5.74, 6) is 4.54. The van der Waals surface area contributed by atoms with Crippen LogP contribution in [0.2, 0.25) is 0 Å². The average molecular weight is 457 g/mol. The molecule has 0 aromatic carbocycles. The molecule has 0 heterocycles. The summed E-state index contributed by atoms with van der Waals surface area (Å²) in [7, 11) is -4.33. The summed E-state index contributed by atoms with van der Waals surface area (Å²) in [4.78, 5) is 0.